The summed E-state index contributed by atoms with van der Waals surface area (Å²) in [5.74, 6) is -1.55. The molecule has 4 rings (SSSR count). The van der Waals surface area contributed by atoms with Crippen LogP contribution in [0.4, 0.5) is 5.69 Å². The highest BCUT2D eigenvalue weighted by molar-refractivity contribution is 7.89. The van der Waals surface area contributed by atoms with Crippen LogP contribution in [0.5, 0.6) is 0 Å². The first kappa shape index (κ1) is 21.9. The number of morpholine rings is 1. The number of carbonyl (C=O) groups is 2. The second-order valence-corrected chi connectivity index (χ2v) is 9.26. The van der Waals surface area contributed by atoms with Crippen molar-refractivity contribution < 1.29 is 22.7 Å². The molecule has 1 saturated heterocycles. The summed E-state index contributed by atoms with van der Waals surface area (Å²) in [6.07, 6.45) is 0. The summed E-state index contributed by atoms with van der Waals surface area (Å²) in [6.45, 7) is 1.51. The molecule has 1 aliphatic heterocycles. The molecule has 0 radical (unpaired) electrons. The lowest BCUT2D eigenvalue weighted by Gasteiger charge is -2.26. The zero-order chi connectivity index (χ0) is 22.6. The third-order valence-electron chi connectivity index (χ3n) is 5.23. The van der Waals surface area contributed by atoms with E-state index in [1.54, 1.807) is 18.2 Å². The number of hydrogen-bond acceptors (Lipinski definition) is 5. The molecular weight excluding hydrogens is 430 g/mol. The van der Waals surface area contributed by atoms with Gasteiger partial charge in [-0.25, -0.2) is 8.42 Å². The number of benzene rings is 3. The van der Waals surface area contributed by atoms with E-state index in [0.29, 0.717) is 37.6 Å². The van der Waals surface area contributed by atoms with Crippen molar-refractivity contribution in [3.05, 3.63) is 72.3 Å². The number of carbonyl (C=O) groups excluding carboxylic acids is 2. The third kappa shape index (κ3) is 4.80. The van der Waals surface area contributed by atoms with E-state index in [9.17, 15) is 18.0 Å². The number of nitrogens with one attached hydrogen (secondary N) is 2. The fraction of sp³-hybridized carbons (Fsp3) is 0.217. The average Bonchev–Trinajstić information content (AvgIpc) is 2.83. The van der Waals surface area contributed by atoms with Crippen LogP contribution in [0.1, 0.15) is 5.56 Å². The molecule has 2 amide bonds. The molecule has 3 aromatic rings. The molecular formula is C23H23N3O5S. The lowest BCUT2D eigenvalue weighted by atomic mass is 10.1. The van der Waals surface area contributed by atoms with Crippen LogP contribution >= 0.6 is 0 Å². The molecule has 0 saturated carbocycles. The third-order valence-corrected chi connectivity index (χ3v) is 7.14. The van der Waals surface area contributed by atoms with Gasteiger partial charge in [-0.15, -0.1) is 0 Å². The Morgan fingerprint density at radius 2 is 1.56 bits per heavy atom. The lowest BCUT2D eigenvalue weighted by Crippen LogP contribution is -2.40. The van der Waals surface area contributed by atoms with Gasteiger partial charge in [0.25, 0.3) is 0 Å². The summed E-state index contributed by atoms with van der Waals surface area (Å²) in [5.41, 5.74) is 1.23. The minimum atomic E-state index is -3.57. The zero-order valence-electron chi connectivity index (χ0n) is 17.3. The van der Waals surface area contributed by atoms with E-state index in [1.807, 2.05) is 36.4 Å². The predicted molar refractivity (Wildman–Crippen MR) is 120 cm³/mol. The molecule has 8 nitrogen and oxygen atoms in total. The maximum atomic E-state index is 12.7. The number of ether oxygens (including phenoxy) is 1. The van der Waals surface area contributed by atoms with Crippen molar-refractivity contribution in [1.82, 2.24) is 9.62 Å². The standard InChI is InChI=1S/C23H23N3O5S/c27-22(23(28)25-21-7-3-5-18-4-1-2-6-20(18)21)24-16-17-8-10-19(11-9-17)32(29,30)26-12-14-31-15-13-26/h1-11H,12-16H2,(H,24,27)(H,25,28). The van der Waals surface area contributed by atoms with Gasteiger partial charge in [0.1, 0.15) is 0 Å². The van der Waals surface area contributed by atoms with Gasteiger partial charge in [0.05, 0.1) is 18.1 Å². The van der Waals surface area contributed by atoms with Crippen LogP contribution in [-0.2, 0) is 30.9 Å². The highest BCUT2D eigenvalue weighted by atomic mass is 32.2. The molecule has 0 bridgehead atoms. The fourth-order valence-corrected chi connectivity index (χ4v) is 4.90. The summed E-state index contributed by atoms with van der Waals surface area (Å²) in [4.78, 5) is 24.8. The predicted octanol–water partition coefficient (Wildman–Crippen LogP) is 2.12. The number of sulfonamides is 1. The number of hydrogen-bond donors (Lipinski definition) is 2. The van der Waals surface area contributed by atoms with Gasteiger partial charge in [0.15, 0.2) is 0 Å². The van der Waals surface area contributed by atoms with E-state index >= 15 is 0 Å². The molecule has 166 valence electrons. The van der Waals surface area contributed by atoms with Crippen LogP contribution in [0.2, 0.25) is 0 Å². The number of amides is 2. The van der Waals surface area contributed by atoms with Gasteiger partial charge >= 0.3 is 11.8 Å². The van der Waals surface area contributed by atoms with Crippen molar-refractivity contribution >= 4 is 38.3 Å². The molecule has 0 aliphatic carbocycles. The molecule has 1 heterocycles. The van der Waals surface area contributed by atoms with Gasteiger partial charge in [0, 0.05) is 30.7 Å². The van der Waals surface area contributed by atoms with Crippen LogP contribution in [0.3, 0.4) is 0 Å². The van der Waals surface area contributed by atoms with Crippen molar-refractivity contribution in [2.24, 2.45) is 0 Å². The van der Waals surface area contributed by atoms with E-state index in [2.05, 4.69) is 10.6 Å². The highest BCUT2D eigenvalue weighted by Gasteiger charge is 2.26. The van der Waals surface area contributed by atoms with Crippen molar-refractivity contribution in [3.8, 4) is 0 Å². The van der Waals surface area contributed by atoms with Gasteiger partial charge in [-0.3, -0.25) is 9.59 Å². The Morgan fingerprint density at radius 3 is 2.31 bits per heavy atom. The Morgan fingerprint density at radius 1 is 0.875 bits per heavy atom. The van der Waals surface area contributed by atoms with Gasteiger partial charge in [-0.1, -0.05) is 48.5 Å². The Kier molecular flexibility index (Phi) is 6.50. The van der Waals surface area contributed by atoms with E-state index in [4.69, 9.17) is 4.74 Å². The van der Waals surface area contributed by atoms with E-state index in [1.165, 1.54) is 16.4 Å². The first-order valence-electron chi connectivity index (χ1n) is 10.2. The molecule has 9 heteroatoms. The second kappa shape index (κ2) is 9.47. The van der Waals surface area contributed by atoms with Crippen LogP contribution in [-0.4, -0.2) is 50.8 Å². The first-order valence-corrected chi connectivity index (χ1v) is 11.6. The quantitative estimate of drug-likeness (QED) is 0.576. The molecule has 2 N–H and O–H groups in total. The highest BCUT2D eigenvalue weighted by Crippen LogP contribution is 2.23. The molecule has 0 spiro atoms. The Balaban J connectivity index is 1.36. The minimum absolute atomic E-state index is 0.0969. The van der Waals surface area contributed by atoms with Crippen LogP contribution in [0.25, 0.3) is 10.8 Å². The van der Waals surface area contributed by atoms with E-state index in [0.717, 1.165) is 10.8 Å². The second-order valence-electron chi connectivity index (χ2n) is 7.32. The molecule has 1 aliphatic rings. The normalized spacial score (nSPS) is 14.8. The molecule has 0 aromatic heterocycles. The summed E-state index contributed by atoms with van der Waals surface area (Å²) < 4.78 is 31.9. The number of rotatable bonds is 5. The molecule has 32 heavy (non-hydrogen) atoms. The van der Waals surface area contributed by atoms with Crippen molar-refractivity contribution in [2.45, 2.75) is 11.4 Å². The number of fused-ring (bicyclic) bond motifs is 1. The van der Waals surface area contributed by atoms with Gasteiger partial charge in [-0.2, -0.15) is 4.31 Å². The number of anilines is 1. The van der Waals surface area contributed by atoms with Crippen LogP contribution < -0.4 is 10.6 Å². The summed E-state index contributed by atoms with van der Waals surface area (Å²) in [6, 6.07) is 19.3. The van der Waals surface area contributed by atoms with Crippen molar-refractivity contribution in [2.75, 3.05) is 31.6 Å². The summed E-state index contributed by atoms with van der Waals surface area (Å²) in [5, 5.41) is 7.00. The molecule has 1 fully saturated rings. The zero-order valence-corrected chi connectivity index (χ0v) is 18.1. The first-order chi connectivity index (χ1) is 15.4. The fourth-order valence-electron chi connectivity index (χ4n) is 3.49. The topological polar surface area (TPSA) is 105 Å². The Bertz CT molecular complexity index is 1230. The molecule has 0 atom stereocenters. The largest absolute Gasteiger partial charge is 0.379 e. The average molecular weight is 454 g/mol. The maximum Gasteiger partial charge on any atom is 0.313 e. The smallest absolute Gasteiger partial charge is 0.313 e. The van der Waals surface area contributed by atoms with Gasteiger partial charge in [0.2, 0.25) is 10.0 Å². The lowest BCUT2D eigenvalue weighted by molar-refractivity contribution is -0.136. The number of nitrogens with zero attached hydrogens (tertiary/aromatic N) is 1. The van der Waals surface area contributed by atoms with Crippen molar-refractivity contribution in [1.29, 1.82) is 0 Å². The molecule has 3 aromatic carbocycles. The van der Waals surface area contributed by atoms with Crippen LogP contribution in [0, 0.1) is 0 Å². The van der Waals surface area contributed by atoms with Gasteiger partial charge < -0.3 is 15.4 Å². The molecule has 0 unspecified atom stereocenters. The van der Waals surface area contributed by atoms with Crippen molar-refractivity contribution in [3.63, 3.8) is 0 Å². The SMILES string of the molecule is O=C(NCc1ccc(S(=O)(=O)N2CCOCC2)cc1)C(=O)Nc1cccc2ccccc12. The van der Waals surface area contributed by atoms with E-state index < -0.39 is 21.8 Å². The van der Waals surface area contributed by atoms with Crippen LogP contribution in [0.15, 0.2) is 71.6 Å². The summed E-state index contributed by atoms with van der Waals surface area (Å²) in [7, 11) is -3.57. The maximum absolute atomic E-state index is 12.7. The minimum Gasteiger partial charge on any atom is -0.379 e. The monoisotopic (exact) mass is 453 g/mol. The summed E-state index contributed by atoms with van der Waals surface area (Å²) >= 11 is 0. The Hall–Kier alpha value is -3.27. The van der Waals surface area contributed by atoms with Gasteiger partial charge in [-0.05, 0) is 29.1 Å². The van der Waals surface area contributed by atoms with E-state index in [-0.39, 0.29) is 11.4 Å². The Labute approximate surface area is 186 Å².